The summed E-state index contributed by atoms with van der Waals surface area (Å²) in [6.45, 7) is 0.782. The number of anilines is 1. The highest BCUT2D eigenvalue weighted by molar-refractivity contribution is 7.18. The number of carbonyl (C=O) groups excluding carboxylic acids is 1. The second kappa shape index (κ2) is 8.79. The van der Waals surface area contributed by atoms with Gasteiger partial charge in [-0.15, -0.1) is 11.3 Å². The number of pyridine rings is 1. The average Bonchev–Trinajstić information content (AvgIpc) is 3.21. The number of carbonyl (C=O) groups is 1. The molecule has 1 amide bonds. The van der Waals surface area contributed by atoms with Crippen molar-refractivity contribution in [2.45, 2.75) is 12.8 Å². The highest BCUT2D eigenvalue weighted by Gasteiger charge is 2.18. The molecule has 6 nitrogen and oxygen atoms in total. The summed E-state index contributed by atoms with van der Waals surface area (Å²) in [5.74, 6) is 1.19. The summed E-state index contributed by atoms with van der Waals surface area (Å²) >= 11 is 1.48. The SMILES string of the molecule is CNC(=O)c1csc2c(NCCCc3ccccc3)nc(-c3ccncc3)nc12. The maximum absolute atomic E-state index is 12.3. The number of thiophene rings is 1. The zero-order chi connectivity index (χ0) is 20.1. The summed E-state index contributed by atoms with van der Waals surface area (Å²) in [6.07, 6.45) is 5.40. The van der Waals surface area contributed by atoms with E-state index in [1.165, 1.54) is 16.9 Å². The van der Waals surface area contributed by atoms with Gasteiger partial charge in [0, 0.05) is 36.9 Å². The molecule has 3 aromatic heterocycles. The largest absolute Gasteiger partial charge is 0.369 e. The molecule has 0 unspecified atom stereocenters. The molecule has 0 saturated carbocycles. The molecule has 0 aliphatic rings. The highest BCUT2D eigenvalue weighted by Crippen LogP contribution is 2.32. The van der Waals surface area contributed by atoms with Crippen LogP contribution in [0, 0.1) is 0 Å². The molecule has 0 atom stereocenters. The summed E-state index contributed by atoms with van der Waals surface area (Å²) in [5, 5.41) is 7.97. The van der Waals surface area contributed by atoms with Gasteiger partial charge in [0.15, 0.2) is 5.82 Å². The van der Waals surface area contributed by atoms with Gasteiger partial charge in [0.25, 0.3) is 5.91 Å². The number of aromatic nitrogens is 3. The van der Waals surface area contributed by atoms with Crippen LogP contribution in [-0.4, -0.2) is 34.5 Å². The maximum Gasteiger partial charge on any atom is 0.254 e. The van der Waals surface area contributed by atoms with E-state index in [4.69, 9.17) is 4.98 Å². The lowest BCUT2D eigenvalue weighted by Gasteiger charge is -2.09. The first-order chi connectivity index (χ1) is 14.3. The van der Waals surface area contributed by atoms with E-state index in [1.807, 2.05) is 23.6 Å². The zero-order valence-corrected chi connectivity index (χ0v) is 16.9. The maximum atomic E-state index is 12.3. The molecular weight excluding hydrogens is 382 g/mol. The molecule has 0 aliphatic heterocycles. The Labute approximate surface area is 173 Å². The molecule has 0 bridgehead atoms. The Morgan fingerprint density at radius 2 is 1.86 bits per heavy atom. The summed E-state index contributed by atoms with van der Waals surface area (Å²) in [7, 11) is 1.62. The molecule has 3 heterocycles. The highest BCUT2D eigenvalue weighted by atomic mass is 32.1. The van der Waals surface area contributed by atoms with Crippen LogP contribution in [0.3, 0.4) is 0 Å². The quantitative estimate of drug-likeness (QED) is 0.453. The Balaban J connectivity index is 1.62. The van der Waals surface area contributed by atoms with Gasteiger partial charge in [0.1, 0.15) is 11.3 Å². The van der Waals surface area contributed by atoms with E-state index in [0.29, 0.717) is 16.9 Å². The first-order valence-electron chi connectivity index (χ1n) is 9.46. The fraction of sp³-hybridized carbons (Fsp3) is 0.182. The zero-order valence-electron chi connectivity index (χ0n) is 16.1. The second-order valence-corrected chi connectivity index (χ2v) is 7.43. The Morgan fingerprint density at radius 3 is 2.62 bits per heavy atom. The van der Waals surface area contributed by atoms with Gasteiger partial charge in [-0.25, -0.2) is 9.97 Å². The van der Waals surface area contributed by atoms with E-state index < -0.39 is 0 Å². The molecule has 0 aliphatic carbocycles. The van der Waals surface area contributed by atoms with Gasteiger partial charge in [-0.3, -0.25) is 9.78 Å². The number of aryl methyl sites for hydroxylation is 1. The standard InChI is InChI=1S/C22H21N5OS/c1-23-22(28)17-14-29-19-18(17)26-20(16-9-12-24-13-10-16)27-21(19)25-11-5-8-15-6-3-2-4-7-15/h2-4,6-7,9-10,12-14H,5,8,11H2,1H3,(H,23,28)(H,25,26,27). The monoisotopic (exact) mass is 403 g/mol. The van der Waals surface area contributed by atoms with Crippen molar-refractivity contribution in [2.24, 2.45) is 0 Å². The van der Waals surface area contributed by atoms with Gasteiger partial charge in [0.05, 0.1) is 10.3 Å². The van der Waals surface area contributed by atoms with Crippen molar-refractivity contribution < 1.29 is 4.79 Å². The minimum atomic E-state index is -0.148. The predicted octanol–water partition coefficient (Wildman–Crippen LogP) is 4.16. The van der Waals surface area contributed by atoms with E-state index in [1.54, 1.807) is 19.4 Å². The van der Waals surface area contributed by atoms with Crippen molar-refractivity contribution in [3.8, 4) is 11.4 Å². The van der Waals surface area contributed by atoms with Crippen LogP contribution >= 0.6 is 11.3 Å². The Bertz CT molecular complexity index is 1110. The number of hydrogen-bond acceptors (Lipinski definition) is 6. The molecule has 2 N–H and O–H groups in total. The van der Waals surface area contributed by atoms with Gasteiger partial charge in [-0.2, -0.15) is 0 Å². The van der Waals surface area contributed by atoms with Gasteiger partial charge >= 0.3 is 0 Å². The van der Waals surface area contributed by atoms with E-state index >= 15 is 0 Å². The Kier molecular flexibility index (Phi) is 5.76. The molecule has 0 fully saturated rings. The third-order valence-corrected chi connectivity index (χ3v) is 5.58. The summed E-state index contributed by atoms with van der Waals surface area (Å²) in [5.41, 5.74) is 3.42. The molecule has 146 valence electrons. The van der Waals surface area contributed by atoms with Crippen LogP contribution in [0.2, 0.25) is 0 Å². The number of nitrogens with one attached hydrogen (secondary N) is 2. The number of rotatable bonds is 7. The van der Waals surface area contributed by atoms with Crippen molar-refractivity contribution in [2.75, 3.05) is 18.9 Å². The summed E-state index contributed by atoms with van der Waals surface area (Å²) in [6, 6.07) is 14.2. The third kappa shape index (κ3) is 4.25. The average molecular weight is 404 g/mol. The smallest absolute Gasteiger partial charge is 0.254 e. The van der Waals surface area contributed by atoms with Crippen LogP contribution in [0.1, 0.15) is 22.3 Å². The first kappa shape index (κ1) is 19.0. The third-order valence-electron chi connectivity index (χ3n) is 4.60. The topological polar surface area (TPSA) is 79.8 Å². The number of amides is 1. The number of nitrogens with zero attached hydrogens (tertiary/aromatic N) is 3. The van der Waals surface area contributed by atoms with E-state index in [9.17, 15) is 4.79 Å². The van der Waals surface area contributed by atoms with Crippen molar-refractivity contribution in [1.29, 1.82) is 0 Å². The number of fused-ring (bicyclic) bond motifs is 1. The van der Waals surface area contributed by atoms with Crippen molar-refractivity contribution in [3.05, 3.63) is 71.4 Å². The van der Waals surface area contributed by atoms with E-state index in [-0.39, 0.29) is 5.91 Å². The molecule has 4 rings (SSSR count). The molecule has 0 saturated heterocycles. The first-order valence-corrected chi connectivity index (χ1v) is 10.3. The lowest BCUT2D eigenvalue weighted by atomic mass is 10.1. The van der Waals surface area contributed by atoms with Crippen molar-refractivity contribution in [3.63, 3.8) is 0 Å². The van der Waals surface area contributed by atoms with Crippen LogP contribution in [0.15, 0.2) is 60.2 Å². The van der Waals surface area contributed by atoms with Crippen LogP contribution in [0.4, 0.5) is 5.82 Å². The lowest BCUT2D eigenvalue weighted by Crippen LogP contribution is -2.17. The fourth-order valence-electron chi connectivity index (χ4n) is 3.11. The molecule has 29 heavy (non-hydrogen) atoms. The molecule has 0 radical (unpaired) electrons. The van der Waals surface area contributed by atoms with Crippen LogP contribution in [0.25, 0.3) is 21.6 Å². The van der Waals surface area contributed by atoms with Gasteiger partial charge < -0.3 is 10.6 Å². The number of benzene rings is 1. The van der Waals surface area contributed by atoms with E-state index in [0.717, 1.165) is 35.5 Å². The summed E-state index contributed by atoms with van der Waals surface area (Å²) < 4.78 is 0.890. The molecular formula is C22H21N5OS. The second-order valence-electron chi connectivity index (χ2n) is 6.55. The van der Waals surface area contributed by atoms with Gasteiger partial charge in [0.2, 0.25) is 0 Å². The Hall–Kier alpha value is -3.32. The molecule has 7 heteroatoms. The van der Waals surface area contributed by atoms with Crippen molar-refractivity contribution in [1.82, 2.24) is 20.3 Å². The van der Waals surface area contributed by atoms with Crippen LogP contribution in [0.5, 0.6) is 0 Å². The lowest BCUT2D eigenvalue weighted by molar-refractivity contribution is 0.0965. The van der Waals surface area contributed by atoms with Crippen LogP contribution < -0.4 is 10.6 Å². The van der Waals surface area contributed by atoms with Gasteiger partial charge in [-0.1, -0.05) is 30.3 Å². The fourth-order valence-corrected chi connectivity index (χ4v) is 4.06. The Morgan fingerprint density at radius 1 is 1.07 bits per heavy atom. The van der Waals surface area contributed by atoms with Gasteiger partial charge in [-0.05, 0) is 30.5 Å². The number of hydrogen-bond donors (Lipinski definition) is 2. The predicted molar refractivity (Wildman–Crippen MR) is 117 cm³/mol. The molecule has 4 aromatic rings. The molecule has 1 aromatic carbocycles. The minimum Gasteiger partial charge on any atom is -0.369 e. The normalized spacial score (nSPS) is 10.8. The van der Waals surface area contributed by atoms with Crippen LogP contribution in [-0.2, 0) is 6.42 Å². The van der Waals surface area contributed by atoms with Crippen molar-refractivity contribution >= 4 is 33.3 Å². The minimum absolute atomic E-state index is 0.148. The summed E-state index contributed by atoms with van der Waals surface area (Å²) in [4.78, 5) is 25.8. The van der Waals surface area contributed by atoms with E-state index in [2.05, 4.69) is 44.9 Å². The molecule has 0 spiro atoms.